The molecule has 2 fully saturated rings. The van der Waals surface area contributed by atoms with Gasteiger partial charge in [0.2, 0.25) is 0 Å². The largest absolute Gasteiger partial charge is 0.381 e. The number of hydrogen-bond acceptors (Lipinski definition) is 4. The van der Waals surface area contributed by atoms with Crippen LogP contribution in [0.3, 0.4) is 0 Å². The average Bonchev–Trinajstić information content (AvgIpc) is 3.18. The second-order valence-electron chi connectivity index (χ2n) is 5.70. The molecule has 0 aromatic carbocycles. The van der Waals surface area contributed by atoms with Crippen molar-refractivity contribution in [2.45, 2.75) is 25.3 Å². The molecule has 2 aromatic rings. The minimum atomic E-state index is 0.567. The molecule has 2 aliphatic rings. The van der Waals surface area contributed by atoms with Gasteiger partial charge in [0.25, 0.3) is 0 Å². The molecular formula is C15H19N3OS. The molecule has 20 heavy (non-hydrogen) atoms. The fraction of sp³-hybridized carbons (Fsp3) is 0.600. The molecule has 2 aromatic heterocycles. The highest BCUT2D eigenvalue weighted by atomic mass is 32.2. The number of nitrogens with zero attached hydrogens (tertiary/aromatic N) is 3. The fourth-order valence-corrected chi connectivity index (χ4v) is 4.43. The van der Waals surface area contributed by atoms with Crippen LogP contribution in [-0.4, -0.2) is 39.3 Å². The van der Waals surface area contributed by atoms with Gasteiger partial charge in [-0.25, -0.2) is 9.97 Å². The van der Waals surface area contributed by atoms with Gasteiger partial charge in [0.05, 0.1) is 0 Å². The van der Waals surface area contributed by atoms with Gasteiger partial charge in [0.15, 0.2) is 5.65 Å². The lowest BCUT2D eigenvalue weighted by Gasteiger charge is -2.16. The number of aromatic nitrogens is 3. The molecule has 0 saturated carbocycles. The van der Waals surface area contributed by atoms with E-state index < -0.39 is 0 Å². The first kappa shape index (κ1) is 12.7. The van der Waals surface area contributed by atoms with Gasteiger partial charge in [-0.15, -0.1) is 0 Å². The van der Waals surface area contributed by atoms with Gasteiger partial charge in [-0.1, -0.05) is 0 Å². The third kappa shape index (κ3) is 2.23. The van der Waals surface area contributed by atoms with Crippen LogP contribution in [0.1, 0.15) is 24.7 Å². The third-order valence-corrected chi connectivity index (χ3v) is 5.43. The number of hydrogen-bond donors (Lipinski definition) is 0. The molecule has 2 aliphatic heterocycles. The second-order valence-corrected chi connectivity index (χ2v) is 6.85. The van der Waals surface area contributed by atoms with E-state index in [2.05, 4.69) is 15.6 Å². The Hall–Kier alpha value is -1.07. The van der Waals surface area contributed by atoms with Crippen molar-refractivity contribution in [2.24, 2.45) is 5.92 Å². The zero-order valence-electron chi connectivity index (χ0n) is 11.5. The van der Waals surface area contributed by atoms with Crippen molar-refractivity contribution in [3.63, 3.8) is 0 Å². The lowest BCUT2D eigenvalue weighted by Crippen LogP contribution is -2.15. The molecule has 0 N–H and O–H groups in total. The average molecular weight is 289 g/mol. The highest BCUT2D eigenvalue weighted by Crippen LogP contribution is 2.32. The topological polar surface area (TPSA) is 39.9 Å². The summed E-state index contributed by atoms with van der Waals surface area (Å²) in [5.41, 5.74) is 2.10. The second kappa shape index (κ2) is 5.37. The Morgan fingerprint density at radius 3 is 3.20 bits per heavy atom. The summed E-state index contributed by atoms with van der Waals surface area (Å²) in [5.74, 6) is 4.28. The molecule has 106 valence electrons. The van der Waals surface area contributed by atoms with E-state index in [0.29, 0.717) is 12.0 Å². The van der Waals surface area contributed by atoms with Gasteiger partial charge in [-0.2, -0.15) is 11.8 Å². The maximum atomic E-state index is 5.51. The number of pyridine rings is 1. The van der Waals surface area contributed by atoms with E-state index in [-0.39, 0.29) is 0 Å². The van der Waals surface area contributed by atoms with Crippen LogP contribution in [0.5, 0.6) is 0 Å². The third-order valence-electron chi connectivity index (χ3n) is 4.29. The summed E-state index contributed by atoms with van der Waals surface area (Å²) in [6, 6.07) is 4.62. The van der Waals surface area contributed by atoms with E-state index >= 15 is 0 Å². The summed E-state index contributed by atoms with van der Waals surface area (Å²) >= 11 is 2.04. The van der Waals surface area contributed by atoms with E-state index in [1.54, 1.807) is 0 Å². The highest BCUT2D eigenvalue weighted by molar-refractivity contribution is 7.99. The van der Waals surface area contributed by atoms with Crippen LogP contribution < -0.4 is 0 Å². The van der Waals surface area contributed by atoms with Gasteiger partial charge < -0.3 is 9.30 Å². The maximum Gasteiger partial charge on any atom is 0.160 e. The Morgan fingerprint density at radius 2 is 2.40 bits per heavy atom. The Bertz CT molecular complexity index is 600. The molecule has 2 unspecified atom stereocenters. The number of imidazole rings is 1. The van der Waals surface area contributed by atoms with Crippen LogP contribution in [0.2, 0.25) is 0 Å². The van der Waals surface area contributed by atoms with Crippen LogP contribution in [0.15, 0.2) is 18.3 Å². The van der Waals surface area contributed by atoms with E-state index in [4.69, 9.17) is 9.72 Å². The standard InChI is InChI=1S/C15H19N3OS/c1-2-13-15(16-5-1)18(12-4-7-20-10-12)14(17-13)8-11-3-6-19-9-11/h1-2,5,11-12H,3-4,6-10H2. The fourth-order valence-electron chi connectivity index (χ4n) is 3.23. The van der Waals surface area contributed by atoms with Crippen molar-refractivity contribution in [1.29, 1.82) is 0 Å². The Morgan fingerprint density at radius 1 is 1.40 bits per heavy atom. The van der Waals surface area contributed by atoms with Crippen LogP contribution in [0.4, 0.5) is 0 Å². The van der Waals surface area contributed by atoms with E-state index in [1.165, 1.54) is 23.8 Å². The number of rotatable bonds is 3. The smallest absolute Gasteiger partial charge is 0.160 e. The van der Waals surface area contributed by atoms with E-state index in [0.717, 1.165) is 37.2 Å². The molecule has 4 heterocycles. The van der Waals surface area contributed by atoms with Gasteiger partial charge >= 0.3 is 0 Å². The van der Waals surface area contributed by atoms with Gasteiger partial charge in [-0.05, 0) is 36.6 Å². The zero-order valence-corrected chi connectivity index (χ0v) is 12.3. The number of thioether (sulfide) groups is 1. The molecule has 0 radical (unpaired) electrons. The zero-order chi connectivity index (χ0) is 13.4. The molecule has 0 amide bonds. The number of ether oxygens (including phenoxy) is 1. The first-order valence-electron chi connectivity index (χ1n) is 7.39. The highest BCUT2D eigenvalue weighted by Gasteiger charge is 2.26. The predicted molar refractivity (Wildman–Crippen MR) is 81.1 cm³/mol. The first-order chi connectivity index (χ1) is 9.92. The van der Waals surface area contributed by atoms with Crippen molar-refractivity contribution in [2.75, 3.05) is 24.7 Å². The minimum absolute atomic E-state index is 0.567. The van der Waals surface area contributed by atoms with Crippen LogP contribution in [-0.2, 0) is 11.2 Å². The predicted octanol–water partition coefficient (Wildman–Crippen LogP) is 2.69. The first-order valence-corrected chi connectivity index (χ1v) is 8.54. The molecule has 2 saturated heterocycles. The Kier molecular flexibility index (Phi) is 3.40. The van der Waals surface area contributed by atoms with Crippen molar-refractivity contribution in [3.8, 4) is 0 Å². The molecule has 4 nitrogen and oxygen atoms in total. The van der Waals surface area contributed by atoms with Crippen molar-refractivity contribution in [3.05, 3.63) is 24.2 Å². The monoisotopic (exact) mass is 289 g/mol. The van der Waals surface area contributed by atoms with Crippen LogP contribution in [0, 0.1) is 5.92 Å². The molecular weight excluding hydrogens is 270 g/mol. The number of fused-ring (bicyclic) bond motifs is 1. The summed E-state index contributed by atoms with van der Waals surface area (Å²) in [4.78, 5) is 9.44. The molecule has 0 spiro atoms. The summed E-state index contributed by atoms with van der Waals surface area (Å²) in [7, 11) is 0. The van der Waals surface area contributed by atoms with E-state index in [1.807, 2.05) is 24.0 Å². The molecule has 0 aliphatic carbocycles. The lowest BCUT2D eigenvalue weighted by molar-refractivity contribution is 0.185. The van der Waals surface area contributed by atoms with Crippen molar-refractivity contribution < 1.29 is 4.74 Å². The summed E-state index contributed by atoms with van der Waals surface area (Å²) in [5, 5.41) is 0. The summed E-state index contributed by atoms with van der Waals surface area (Å²) in [6.07, 6.45) is 5.31. The Labute approximate surface area is 122 Å². The SMILES string of the molecule is c1cnc2c(c1)nc(CC1CCOC1)n2C1CCSC1. The lowest BCUT2D eigenvalue weighted by atomic mass is 10.0. The van der Waals surface area contributed by atoms with Crippen LogP contribution >= 0.6 is 11.8 Å². The molecule has 2 atom stereocenters. The van der Waals surface area contributed by atoms with Gasteiger partial charge in [0.1, 0.15) is 11.3 Å². The maximum absolute atomic E-state index is 5.51. The molecule has 0 bridgehead atoms. The van der Waals surface area contributed by atoms with E-state index in [9.17, 15) is 0 Å². The normalized spacial score (nSPS) is 26.6. The quantitative estimate of drug-likeness (QED) is 0.871. The van der Waals surface area contributed by atoms with Crippen molar-refractivity contribution in [1.82, 2.24) is 14.5 Å². The van der Waals surface area contributed by atoms with Gasteiger partial charge in [0, 0.05) is 37.6 Å². The Balaban J connectivity index is 1.74. The minimum Gasteiger partial charge on any atom is -0.381 e. The summed E-state index contributed by atoms with van der Waals surface area (Å²) < 4.78 is 7.92. The molecule has 5 heteroatoms. The van der Waals surface area contributed by atoms with Gasteiger partial charge in [-0.3, -0.25) is 0 Å². The van der Waals surface area contributed by atoms with Crippen LogP contribution in [0.25, 0.3) is 11.2 Å². The molecule has 4 rings (SSSR count). The summed E-state index contributed by atoms with van der Waals surface area (Å²) in [6.45, 7) is 1.79. The van der Waals surface area contributed by atoms with Crippen molar-refractivity contribution >= 4 is 22.9 Å².